The number of hydrogen-bond donors (Lipinski definition) is 0. The predicted octanol–water partition coefficient (Wildman–Crippen LogP) is 1.66. The number of ether oxygens (including phenoxy) is 1. The van der Waals surface area contributed by atoms with Crippen LogP contribution in [0, 0.1) is 0 Å². The molecule has 1 saturated heterocycles. The van der Waals surface area contributed by atoms with E-state index in [-0.39, 0.29) is 11.6 Å². The van der Waals surface area contributed by atoms with E-state index in [9.17, 15) is 4.79 Å². The number of cyclic esters (lactones) is 1. The average molecular weight is 140 g/mol. The lowest BCUT2D eigenvalue weighted by atomic mass is 9.84. The minimum Gasteiger partial charge on any atom is -0.450 e. The topological polar surface area (TPSA) is 26.3 Å². The molecule has 0 aliphatic carbocycles. The zero-order valence-corrected chi connectivity index (χ0v) is 6.44. The zero-order chi connectivity index (χ0) is 7.78. The SMILES string of the molecule is C=C1C(=O)OC1(CC)CC. The van der Waals surface area contributed by atoms with E-state index in [0.717, 1.165) is 12.8 Å². The molecule has 2 heteroatoms. The normalized spacial score (nSPS) is 21.8. The third kappa shape index (κ3) is 0.681. The van der Waals surface area contributed by atoms with Crippen LogP contribution in [0.4, 0.5) is 0 Å². The number of rotatable bonds is 2. The van der Waals surface area contributed by atoms with Gasteiger partial charge in [-0.25, -0.2) is 4.79 Å². The first kappa shape index (κ1) is 7.32. The van der Waals surface area contributed by atoms with Gasteiger partial charge in [-0.15, -0.1) is 0 Å². The summed E-state index contributed by atoms with van der Waals surface area (Å²) in [5, 5.41) is 0. The number of esters is 1. The number of carbonyl (C=O) groups excluding carboxylic acids is 1. The molecule has 0 radical (unpaired) electrons. The van der Waals surface area contributed by atoms with Crippen LogP contribution in [0.2, 0.25) is 0 Å². The molecular formula is C8H12O2. The van der Waals surface area contributed by atoms with Gasteiger partial charge in [0, 0.05) is 0 Å². The summed E-state index contributed by atoms with van der Waals surface area (Å²) >= 11 is 0. The molecule has 56 valence electrons. The van der Waals surface area contributed by atoms with Crippen molar-refractivity contribution in [3.05, 3.63) is 12.2 Å². The first-order valence-electron chi connectivity index (χ1n) is 3.59. The molecule has 0 amide bonds. The highest BCUT2D eigenvalue weighted by atomic mass is 16.6. The molecule has 0 unspecified atom stereocenters. The van der Waals surface area contributed by atoms with E-state index in [0.29, 0.717) is 5.57 Å². The molecule has 0 aromatic heterocycles. The van der Waals surface area contributed by atoms with Crippen molar-refractivity contribution in [2.45, 2.75) is 32.3 Å². The smallest absolute Gasteiger partial charge is 0.338 e. The van der Waals surface area contributed by atoms with Crippen molar-refractivity contribution >= 4 is 5.97 Å². The van der Waals surface area contributed by atoms with Gasteiger partial charge in [0.05, 0.1) is 5.57 Å². The summed E-state index contributed by atoms with van der Waals surface area (Å²) < 4.78 is 5.00. The number of carbonyl (C=O) groups is 1. The van der Waals surface area contributed by atoms with Crippen LogP contribution in [0.1, 0.15) is 26.7 Å². The Morgan fingerprint density at radius 2 is 2.00 bits per heavy atom. The molecule has 0 saturated carbocycles. The van der Waals surface area contributed by atoms with E-state index in [4.69, 9.17) is 4.74 Å². The minimum atomic E-state index is -0.308. The fourth-order valence-corrected chi connectivity index (χ4v) is 1.26. The predicted molar refractivity (Wildman–Crippen MR) is 38.5 cm³/mol. The van der Waals surface area contributed by atoms with Crippen molar-refractivity contribution in [2.75, 3.05) is 0 Å². The molecule has 1 rings (SSSR count). The van der Waals surface area contributed by atoms with Crippen molar-refractivity contribution in [3.8, 4) is 0 Å². The maximum absolute atomic E-state index is 10.6. The Bertz CT molecular complexity index is 178. The minimum absolute atomic E-state index is 0.233. The molecule has 0 bridgehead atoms. The van der Waals surface area contributed by atoms with Gasteiger partial charge >= 0.3 is 5.97 Å². The summed E-state index contributed by atoms with van der Waals surface area (Å²) in [5.74, 6) is -0.233. The molecule has 0 spiro atoms. The van der Waals surface area contributed by atoms with Crippen LogP contribution in [-0.4, -0.2) is 11.6 Å². The summed E-state index contributed by atoms with van der Waals surface area (Å²) in [5.41, 5.74) is 0.328. The largest absolute Gasteiger partial charge is 0.450 e. The lowest BCUT2D eigenvalue weighted by Gasteiger charge is -2.41. The quantitative estimate of drug-likeness (QED) is 0.430. The highest BCUT2D eigenvalue weighted by Gasteiger charge is 2.47. The van der Waals surface area contributed by atoms with Crippen LogP contribution in [-0.2, 0) is 9.53 Å². The monoisotopic (exact) mass is 140 g/mol. The number of hydrogen-bond acceptors (Lipinski definition) is 2. The summed E-state index contributed by atoms with van der Waals surface area (Å²) in [6, 6.07) is 0. The third-order valence-electron chi connectivity index (χ3n) is 2.23. The lowest BCUT2D eigenvalue weighted by Crippen LogP contribution is -2.49. The Morgan fingerprint density at radius 3 is 2.10 bits per heavy atom. The highest BCUT2D eigenvalue weighted by Crippen LogP contribution is 2.38. The summed E-state index contributed by atoms with van der Waals surface area (Å²) in [4.78, 5) is 10.6. The fourth-order valence-electron chi connectivity index (χ4n) is 1.26. The van der Waals surface area contributed by atoms with E-state index in [2.05, 4.69) is 6.58 Å². The van der Waals surface area contributed by atoms with E-state index in [1.807, 2.05) is 13.8 Å². The van der Waals surface area contributed by atoms with E-state index in [1.54, 1.807) is 0 Å². The van der Waals surface area contributed by atoms with E-state index in [1.165, 1.54) is 0 Å². The van der Waals surface area contributed by atoms with Crippen LogP contribution < -0.4 is 0 Å². The molecule has 0 atom stereocenters. The van der Waals surface area contributed by atoms with Gasteiger partial charge in [0.2, 0.25) is 0 Å². The second-order valence-electron chi connectivity index (χ2n) is 2.57. The molecular weight excluding hydrogens is 128 g/mol. The summed E-state index contributed by atoms with van der Waals surface area (Å²) in [6.45, 7) is 7.66. The maximum Gasteiger partial charge on any atom is 0.338 e. The van der Waals surface area contributed by atoms with Gasteiger partial charge in [-0.3, -0.25) is 0 Å². The second-order valence-corrected chi connectivity index (χ2v) is 2.57. The van der Waals surface area contributed by atoms with Gasteiger partial charge < -0.3 is 4.74 Å². The highest BCUT2D eigenvalue weighted by molar-refractivity contribution is 5.96. The molecule has 1 aliphatic rings. The Hall–Kier alpha value is -0.790. The van der Waals surface area contributed by atoms with Gasteiger partial charge in [0.25, 0.3) is 0 Å². The van der Waals surface area contributed by atoms with Gasteiger partial charge in [0.15, 0.2) is 0 Å². The van der Waals surface area contributed by atoms with Crippen LogP contribution in [0.5, 0.6) is 0 Å². The Morgan fingerprint density at radius 1 is 1.50 bits per heavy atom. The van der Waals surface area contributed by atoms with Gasteiger partial charge in [-0.1, -0.05) is 20.4 Å². The molecule has 1 heterocycles. The Kier molecular flexibility index (Phi) is 1.55. The summed E-state index contributed by atoms with van der Waals surface area (Å²) in [6.07, 6.45) is 1.68. The van der Waals surface area contributed by atoms with Crippen molar-refractivity contribution in [1.82, 2.24) is 0 Å². The third-order valence-corrected chi connectivity index (χ3v) is 2.23. The molecule has 1 fully saturated rings. The van der Waals surface area contributed by atoms with Crippen molar-refractivity contribution in [3.63, 3.8) is 0 Å². The Balaban J connectivity index is 2.72. The molecule has 1 aliphatic heterocycles. The van der Waals surface area contributed by atoms with Gasteiger partial charge in [-0.05, 0) is 12.8 Å². The average Bonchev–Trinajstić information content (AvgIpc) is 1.99. The van der Waals surface area contributed by atoms with Crippen LogP contribution in [0.25, 0.3) is 0 Å². The molecule has 10 heavy (non-hydrogen) atoms. The van der Waals surface area contributed by atoms with Crippen molar-refractivity contribution < 1.29 is 9.53 Å². The van der Waals surface area contributed by atoms with E-state index >= 15 is 0 Å². The molecule has 0 N–H and O–H groups in total. The maximum atomic E-state index is 10.6. The molecule has 0 aromatic rings. The molecule has 2 nitrogen and oxygen atoms in total. The second kappa shape index (κ2) is 2.11. The van der Waals surface area contributed by atoms with Gasteiger partial charge in [0.1, 0.15) is 5.60 Å². The first-order chi connectivity index (χ1) is 4.66. The van der Waals surface area contributed by atoms with Crippen LogP contribution in [0.15, 0.2) is 12.2 Å². The van der Waals surface area contributed by atoms with E-state index < -0.39 is 0 Å². The summed E-state index contributed by atoms with van der Waals surface area (Å²) in [7, 11) is 0. The first-order valence-corrected chi connectivity index (χ1v) is 3.59. The van der Waals surface area contributed by atoms with Crippen LogP contribution in [0.3, 0.4) is 0 Å². The Labute approximate surface area is 60.9 Å². The van der Waals surface area contributed by atoms with Crippen molar-refractivity contribution in [2.24, 2.45) is 0 Å². The van der Waals surface area contributed by atoms with Crippen molar-refractivity contribution in [1.29, 1.82) is 0 Å². The van der Waals surface area contributed by atoms with Gasteiger partial charge in [-0.2, -0.15) is 0 Å². The standard InChI is InChI=1S/C8H12O2/c1-4-8(5-2)6(3)7(9)10-8/h3-5H2,1-2H3. The fraction of sp³-hybridized carbons (Fsp3) is 0.625. The molecule has 0 aromatic carbocycles. The zero-order valence-electron chi connectivity index (χ0n) is 6.44. The van der Waals surface area contributed by atoms with Crippen LogP contribution >= 0.6 is 0 Å². The lowest BCUT2D eigenvalue weighted by molar-refractivity contribution is -0.172.